The molecule has 0 aromatic carbocycles. The average Bonchev–Trinajstić information content (AvgIpc) is 2.32. The summed E-state index contributed by atoms with van der Waals surface area (Å²) >= 11 is 0. The predicted molar refractivity (Wildman–Crippen MR) is 70.6 cm³/mol. The lowest BCUT2D eigenvalue weighted by atomic mass is 9.96. The van der Waals surface area contributed by atoms with Crippen LogP contribution in [-0.2, 0) is 4.74 Å². The molecular formula is C13H30N2O. The number of hydrogen-bond acceptors (Lipinski definition) is 3. The molecule has 0 aromatic rings. The summed E-state index contributed by atoms with van der Waals surface area (Å²) in [6.07, 6.45) is 2.35. The van der Waals surface area contributed by atoms with E-state index in [1.54, 1.807) is 7.11 Å². The fourth-order valence-electron chi connectivity index (χ4n) is 2.11. The summed E-state index contributed by atoms with van der Waals surface area (Å²) in [7, 11) is 1.76. The highest BCUT2D eigenvalue weighted by Gasteiger charge is 2.25. The molecule has 0 saturated carbocycles. The van der Waals surface area contributed by atoms with Crippen LogP contribution >= 0.6 is 0 Å². The van der Waals surface area contributed by atoms with Crippen LogP contribution in [0.1, 0.15) is 40.5 Å². The number of nitrogens with two attached hydrogens (primary N) is 1. The molecule has 0 aromatic heterocycles. The van der Waals surface area contributed by atoms with Gasteiger partial charge in [-0.15, -0.1) is 0 Å². The van der Waals surface area contributed by atoms with Crippen molar-refractivity contribution < 1.29 is 4.74 Å². The second kappa shape index (κ2) is 8.97. The van der Waals surface area contributed by atoms with E-state index >= 15 is 0 Å². The fourth-order valence-corrected chi connectivity index (χ4v) is 2.11. The minimum absolute atomic E-state index is 0.482. The van der Waals surface area contributed by atoms with E-state index in [0.717, 1.165) is 26.1 Å². The first kappa shape index (κ1) is 15.9. The van der Waals surface area contributed by atoms with Gasteiger partial charge in [0.25, 0.3) is 0 Å². The molecule has 3 atom stereocenters. The van der Waals surface area contributed by atoms with Crippen molar-refractivity contribution in [3.05, 3.63) is 0 Å². The highest BCUT2D eigenvalue weighted by Crippen LogP contribution is 2.17. The van der Waals surface area contributed by atoms with Gasteiger partial charge in [0, 0.05) is 32.3 Å². The predicted octanol–water partition coefficient (Wildman–Crippen LogP) is 2.11. The first-order valence-corrected chi connectivity index (χ1v) is 6.56. The van der Waals surface area contributed by atoms with Crippen molar-refractivity contribution >= 4 is 0 Å². The molecule has 0 aliphatic heterocycles. The van der Waals surface area contributed by atoms with Crippen molar-refractivity contribution in [1.82, 2.24) is 4.90 Å². The van der Waals surface area contributed by atoms with Crippen LogP contribution in [0.25, 0.3) is 0 Å². The Morgan fingerprint density at radius 3 is 2.19 bits per heavy atom. The van der Waals surface area contributed by atoms with E-state index in [1.807, 2.05) is 0 Å². The van der Waals surface area contributed by atoms with Gasteiger partial charge in [-0.05, 0) is 19.3 Å². The summed E-state index contributed by atoms with van der Waals surface area (Å²) in [5, 5.41) is 0. The number of nitrogens with zero attached hydrogens (tertiary/aromatic N) is 1. The van der Waals surface area contributed by atoms with Gasteiger partial charge in [-0.2, -0.15) is 0 Å². The fraction of sp³-hybridized carbons (Fsp3) is 1.00. The maximum absolute atomic E-state index is 5.93. The van der Waals surface area contributed by atoms with Crippen molar-refractivity contribution in [3.63, 3.8) is 0 Å². The van der Waals surface area contributed by atoms with E-state index < -0.39 is 0 Å². The normalized spacial score (nSPS) is 17.4. The third kappa shape index (κ3) is 4.81. The Labute approximate surface area is 101 Å². The molecule has 0 aliphatic rings. The highest BCUT2D eigenvalue weighted by atomic mass is 16.5. The molecule has 16 heavy (non-hydrogen) atoms. The van der Waals surface area contributed by atoms with Crippen LogP contribution in [0.3, 0.4) is 0 Å². The van der Waals surface area contributed by atoms with Crippen molar-refractivity contribution in [2.45, 2.75) is 52.6 Å². The second-order valence-electron chi connectivity index (χ2n) is 4.68. The van der Waals surface area contributed by atoms with Crippen molar-refractivity contribution in [2.75, 3.05) is 26.8 Å². The minimum atomic E-state index is 0.482. The second-order valence-corrected chi connectivity index (χ2v) is 4.68. The Hall–Kier alpha value is -0.120. The maximum atomic E-state index is 5.93. The smallest absolute Gasteiger partial charge is 0.0589 e. The topological polar surface area (TPSA) is 38.5 Å². The summed E-state index contributed by atoms with van der Waals surface area (Å²) in [6.45, 7) is 11.5. The highest BCUT2D eigenvalue weighted by molar-refractivity contribution is 4.80. The van der Waals surface area contributed by atoms with Gasteiger partial charge in [0.05, 0.1) is 6.61 Å². The number of rotatable bonds is 9. The molecule has 0 rings (SSSR count). The molecule has 0 spiro atoms. The number of hydrogen-bond donors (Lipinski definition) is 1. The summed E-state index contributed by atoms with van der Waals surface area (Å²) in [6, 6.07) is 1.06. The molecule has 0 bridgehead atoms. The molecule has 3 nitrogen and oxygen atoms in total. The Balaban J connectivity index is 4.54. The van der Waals surface area contributed by atoms with Crippen LogP contribution in [-0.4, -0.2) is 43.8 Å². The SMILES string of the molecule is CCC(C)C(CN)N(CCOC)C(C)CC. The van der Waals surface area contributed by atoms with Crippen molar-refractivity contribution in [2.24, 2.45) is 11.7 Å². The van der Waals surface area contributed by atoms with E-state index in [0.29, 0.717) is 18.0 Å². The zero-order valence-corrected chi connectivity index (χ0v) is 11.7. The van der Waals surface area contributed by atoms with E-state index in [9.17, 15) is 0 Å². The molecule has 3 heteroatoms. The van der Waals surface area contributed by atoms with Crippen molar-refractivity contribution in [3.8, 4) is 0 Å². The van der Waals surface area contributed by atoms with Gasteiger partial charge < -0.3 is 10.5 Å². The Morgan fingerprint density at radius 2 is 1.81 bits per heavy atom. The van der Waals surface area contributed by atoms with Gasteiger partial charge in [-0.25, -0.2) is 0 Å². The molecule has 0 aliphatic carbocycles. The van der Waals surface area contributed by atoms with Gasteiger partial charge in [0.2, 0.25) is 0 Å². The number of methoxy groups -OCH3 is 1. The lowest BCUT2D eigenvalue weighted by Gasteiger charge is -2.38. The van der Waals surface area contributed by atoms with Crippen LogP contribution in [0.4, 0.5) is 0 Å². The van der Waals surface area contributed by atoms with Gasteiger partial charge >= 0.3 is 0 Å². The summed E-state index contributed by atoms with van der Waals surface area (Å²) in [5.41, 5.74) is 5.93. The van der Waals surface area contributed by atoms with Crippen LogP contribution in [0.5, 0.6) is 0 Å². The van der Waals surface area contributed by atoms with Crippen LogP contribution in [0.2, 0.25) is 0 Å². The molecule has 2 N–H and O–H groups in total. The Kier molecular flexibility index (Phi) is 8.90. The Morgan fingerprint density at radius 1 is 1.19 bits per heavy atom. The van der Waals surface area contributed by atoms with Crippen LogP contribution in [0, 0.1) is 5.92 Å². The van der Waals surface area contributed by atoms with Crippen LogP contribution < -0.4 is 5.73 Å². The average molecular weight is 230 g/mol. The largest absolute Gasteiger partial charge is 0.383 e. The zero-order chi connectivity index (χ0) is 12.6. The molecule has 0 saturated heterocycles. The summed E-state index contributed by atoms with van der Waals surface area (Å²) < 4.78 is 5.19. The quantitative estimate of drug-likeness (QED) is 0.659. The molecule has 0 amide bonds. The molecule has 0 radical (unpaired) electrons. The lowest BCUT2D eigenvalue weighted by Crippen LogP contribution is -2.50. The van der Waals surface area contributed by atoms with E-state index in [1.165, 1.54) is 6.42 Å². The first-order chi connectivity index (χ1) is 7.62. The van der Waals surface area contributed by atoms with Crippen molar-refractivity contribution in [1.29, 1.82) is 0 Å². The standard InChI is InChI=1S/C13H30N2O/c1-6-11(3)13(10-14)15(8-9-16-5)12(4)7-2/h11-13H,6-10,14H2,1-5H3. The summed E-state index contributed by atoms with van der Waals surface area (Å²) in [4.78, 5) is 2.51. The molecule has 98 valence electrons. The monoisotopic (exact) mass is 230 g/mol. The number of ether oxygens (including phenoxy) is 1. The molecule has 0 fully saturated rings. The van der Waals surface area contributed by atoms with E-state index in [2.05, 4.69) is 32.6 Å². The van der Waals surface area contributed by atoms with Gasteiger partial charge in [0.15, 0.2) is 0 Å². The maximum Gasteiger partial charge on any atom is 0.0589 e. The molecule has 0 heterocycles. The minimum Gasteiger partial charge on any atom is -0.383 e. The summed E-state index contributed by atoms with van der Waals surface area (Å²) in [5.74, 6) is 0.649. The third-order valence-corrected chi connectivity index (χ3v) is 3.68. The molecule has 3 unspecified atom stereocenters. The first-order valence-electron chi connectivity index (χ1n) is 6.56. The zero-order valence-electron chi connectivity index (χ0n) is 11.7. The molecular weight excluding hydrogens is 200 g/mol. The third-order valence-electron chi connectivity index (χ3n) is 3.68. The van der Waals surface area contributed by atoms with Gasteiger partial charge in [0.1, 0.15) is 0 Å². The van der Waals surface area contributed by atoms with E-state index in [4.69, 9.17) is 10.5 Å². The van der Waals surface area contributed by atoms with Crippen LogP contribution in [0.15, 0.2) is 0 Å². The van der Waals surface area contributed by atoms with E-state index in [-0.39, 0.29) is 0 Å². The van der Waals surface area contributed by atoms with Gasteiger partial charge in [-0.3, -0.25) is 4.90 Å². The lowest BCUT2D eigenvalue weighted by molar-refractivity contribution is 0.0673. The van der Waals surface area contributed by atoms with Gasteiger partial charge in [-0.1, -0.05) is 27.2 Å². The Bertz CT molecular complexity index is 164.